The fraction of sp³-hybridized carbons (Fsp3) is 0.462. The van der Waals surface area contributed by atoms with E-state index in [2.05, 4.69) is 9.71 Å². The van der Waals surface area contributed by atoms with Crippen LogP contribution in [0.25, 0.3) is 5.52 Å². The van der Waals surface area contributed by atoms with Gasteiger partial charge in [-0.25, -0.2) is 18.3 Å². The van der Waals surface area contributed by atoms with Crippen LogP contribution in [0.1, 0.15) is 39.4 Å². The van der Waals surface area contributed by atoms with Gasteiger partial charge in [-0.1, -0.05) is 11.6 Å². The molecule has 0 aliphatic heterocycles. The quantitative estimate of drug-likeness (QED) is 0.840. The lowest BCUT2D eigenvalue weighted by atomic mass is 10.2. The summed E-state index contributed by atoms with van der Waals surface area (Å²) in [7, 11) is -1.24. The molecule has 0 aliphatic rings. The number of H-pyrrole nitrogens is 1. The molecule has 0 aromatic carbocycles. The summed E-state index contributed by atoms with van der Waals surface area (Å²) in [6.07, 6.45) is 3.32. The van der Waals surface area contributed by atoms with E-state index >= 15 is 0 Å². The summed E-state index contributed by atoms with van der Waals surface area (Å²) in [6, 6.07) is 1.19. The molecular weight excluding hydrogens is 301 g/mol. The first-order valence-corrected chi connectivity index (χ1v) is 7.79. The van der Waals surface area contributed by atoms with Crippen molar-refractivity contribution < 1.29 is 13.0 Å². The van der Waals surface area contributed by atoms with E-state index in [0.717, 1.165) is 0 Å². The molecule has 0 saturated carbocycles. The molecule has 7 heteroatoms. The van der Waals surface area contributed by atoms with Gasteiger partial charge in [-0.15, -0.1) is 0 Å². The first-order chi connectivity index (χ1) is 9.21. The molecule has 2 rings (SSSR count). The number of pyridine rings is 1. The Morgan fingerprint density at radius 3 is 2.75 bits per heavy atom. The topological polar surface area (TPSA) is 49.0 Å². The standard InChI is InChI=1S/C13H17ClFN3OS/c1-8(17-20(19)13(2,3)4)11-12-10(15)9(14)5-6-18(12)7-16-11/h5-8,17H,1-4H3/p+1. The third-order valence-corrected chi connectivity index (χ3v) is 4.92. The Hall–Kier alpha value is -0.980. The number of rotatable bonds is 3. The summed E-state index contributed by atoms with van der Waals surface area (Å²) in [4.78, 5) is 3.01. The van der Waals surface area contributed by atoms with Crippen LogP contribution in [-0.4, -0.2) is 13.9 Å². The highest BCUT2D eigenvalue weighted by Gasteiger charge is 2.27. The molecule has 2 N–H and O–H groups in total. The zero-order chi connectivity index (χ0) is 15.1. The van der Waals surface area contributed by atoms with Gasteiger partial charge in [0, 0.05) is 0 Å². The summed E-state index contributed by atoms with van der Waals surface area (Å²) < 4.78 is 30.5. The molecule has 0 saturated heterocycles. The molecule has 110 valence electrons. The van der Waals surface area contributed by atoms with Crippen LogP contribution in [0.4, 0.5) is 4.39 Å². The molecule has 2 atom stereocenters. The minimum atomic E-state index is -1.24. The van der Waals surface area contributed by atoms with Crippen molar-refractivity contribution in [1.82, 2.24) is 9.71 Å². The summed E-state index contributed by atoms with van der Waals surface area (Å²) in [5.74, 6) is -0.486. The molecule has 2 unspecified atom stereocenters. The van der Waals surface area contributed by atoms with Crippen molar-refractivity contribution in [3.63, 3.8) is 0 Å². The summed E-state index contributed by atoms with van der Waals surface area (Å²) >= 11 is 5.82. The van der Waals surface area contributed by atoms with Crippen LogP contribution in [0.3, 0.4) is 0 Å². The number of nitrogens with zero attached hydrogens (tertiary/aromatic N) is 1. The number of nitrogens with one attached hydrogen (secondary N) is 2. The fourth-order valence-corrected chi connectivity index (χ4v) is 2.76. The molecule has 0 fully saturated rings. The molecule has 0 spiro atoms. The van der Waals surface area contributed by atoms with Gasteiger partial charge < -0.3 is 0 Å². The first-order valence-electron chi connectivity index (χ1n) is 6.26. The van der Waals surface area contributed by atoms with E-state index in [4.69, 9.17) is 11.6 Å². The van der Waals surface area contributed by atoms with Crippen molar-refractivity contribution in [3.8, 4) is 0 Å². The number of fused-ring (bicyclic) bond motifs is 1. The number of aromatic nitrogens is 2. The number of hydrogen-bond donors (Lipinski definition) is 2. The average Bonchev–Trinajstić information content (AvgIpc) is 2.77. The van der Waals surface area contributed by atoms with E-state index in [1.807, 2.05) is 27.7 Å². The maximum absolute atomic E-state index is 14.1. The smallest absolute Gasteiger partial charge is 0.245 e. The van der Waals surface area contributed by atoms with Crippen LogP contribution >= 0.6 is 11.6 Å². The molecule has 4 nitrogen and oxygen atoms in total. The number of hydrogen-bond acceptors (Lipinski definition) is 1. The fourth-order valence-electron chi connectivity index (χ4n) is 1.82. The maximum Gasteiger partial charge on any atom is 0.247 e. The van der Waals surface area contributed by atoms with E-state index in [1.165, 1.54) is 6.07 Å². The Labute approximate surface area is 124 Å². The molecule has 0 amide bonds. The average molecular weight is 319 g/mol. The number of aromatic amines is 1. The molecule has 0 radical (unpaired) electrons. The highest BCUT2D eigenvalue weighted by atomic mass is 35.5. The van der Waals surface area contributed by atoms with Gasteiger partial charge in [0.15, 0.2) is 11.5 Å². The Morgan fingerprint density at radius 1 is 1.50 bits per heavy atom. The lowest BCUT2D eigenvalue weighted by Gasteiger charge is -2.20. The summed E-state index contributed by atoms with van der Waals surface area (Å²) in [5.41, 5.74) is 0.978. The van der Waals surface area contributed by atoms with E-state index in [0.29, 0.717) is 11.2 Å². The summed E-state index contributed by atoms with van der Waals surface area (Å²) in [6.45, 7) is 7.46. The minimum Gasteiger partial charge on any atom is -0.245 e. The molecular formula is C13H18ClFN3OS+. The van der Waals surface area contributed by atoms with E-state index < -0.39 is 16.8 Å². The first kappa shape index (κ1) is 15.4. The van der Waals surface area contributed by atoms with E-state index in [-0.39, 0.29) is 15.8 Å². The van der Waals surface area contributed by atoms with Gasteiger partial charge in [-0.2, -0.15) is 4.40 Å². The lowest BCUT2D eigenvalue weighted by Crippen LogP contribution is -2.35. The largest absolute Gasteiger partial charge is 0.247 e. The van der Waals surface area contributed by atoms with E-state index in [9.17, 15) is 8.60 Å². The third kappa shape index (κ3) is 2.87. The van der Waals surface area contributed by atoms with Crippen LogP contribution in [-0.2, 0) is 11.0 Å². The second kappa shape index (κ2) is 5.42. The SMILES string of the molecule is CC(NS(=O)C(C)(C)C)c1[nH]c[n+]2ccc(Cl)c(F)c12. The maximum atomic E-state index is 14.1. The van der Waals surface area contributed by atoms with Crippen LogP contribution in [0.5, 0.6) is 0 Å². The molecule has 20 heavy (non-hydrogen) atoms. The predicted octanol–water partition coefficient (Wildman–Crippen LogP) is 2.66. The van der Waals surface area contributed by atoms with Crippen molar-refractivity contribution in [3.05, 3.63) is 35.1 Å². The molecule has 0 aliphatic carbocycles. The molecule has 2 heterocycles. The Morgan fingerprint density at radius 2 is 2.15 bits per heavy atom. The van der Waals surface area contributed by atoms with Crippen LogP contribution in [0.2, 0.25) is 5.02 Å². The van der Waals surface area contributed by atoms with Crippen molar-refractivity contribution in [2.45, 2.75) is 38.5 Å². The van der Waals surface area contributed by atoms with Gasteiger partial charge in [-0.05, 0) is 33.8 Å². The van der Waals surface area contributed by atoms with Crippen molar-refractivity contribution in [2.75, 3.05) is 0 Å². The summed E-state index contributed by atoms with van der Waals surface area (Å²) in [5, 5.41) is 0.0648. The second-order valence-electron chi connectivity index (χ2n) is 5.64. The predicted molar refractivity (Wildman–Crippen MR) is 78.4 cm³/mol. The Bertz CT molecular complexity index is 665. The minimum absolute atomic E-state index is 0.0648. The third-order valence-electron chi connectivity index (χ3n) is 2.94. The number of imidazole rings is 1. The van der Waals surface area contributed by atoms with Crippen LogP contribution in [0, 0.1) is 5.82 Å². The highest BCUT2D eigenvalue weighted by molar-refractivity contribution is 7.84. The second-order valence-corrected chi connectivity index (χ2v) is 8.05. The van der Waals surface area contributed by atoms with Gasteiger partial charge in [0.25, 0.3) is 0 Å². The Kier molecular flexibility index (Phi) is 4.18. The zero-order valence-electron chi connectivity index (χ0n) is 11.8. The van der Waals surface area contributed by atoms with Gasteiger partial charge in [-0.3, -0.25) is 0 Å². The normalized spacial score (nSPS) is 15.5. The van der Waals surface area contributed by atoms with Gasteiger partial charge in [0.1, 0.15) is 0 Å². The van der Waals surface area contributed by atoms with Crippen LogP contribution in [0.15, 0.2) is 18.6 Å². The lowest BCUT2D eigenvalue weighted by molar-refractivity contribution is -0.512. The molecule has 0 bridgehead atoms. The number of halogens is 2. The highest BCUT2D eigenvalue weighted by Crippen LogP contribution is 2.23. The molecule has 2 aromatic heterocycles. The van der Waals surface area contributed by atoms with Gasteiger partial charge in [0.05, 0.1) is 33.0 Å². The van der Waals surface area contributed by atoms with Crippen molar-refractivity contribution >= 4 is 28.1 Å². The van der Waals surface area contributed by atoms with Gasteiger partial charge in [0.2, 0.25) is 11.8 Å². The zero-order valence-corrected chi connectivity index (χ0v) is 13.4. The van der Waals surface area contributed by atoms with Gasteiger partial charge >= 0.3 is 0 Å². The molecule has 2 aromatic rings. The van der Waals surface area contributed by atoms with Crippen molar-refractivity contribution in [2.24, 2.45) is 0 Å². The Balaban J connectivity index is 2.38. The monoisotopic (exact) mass is 318 g/mol. The van der Waals surface area contributed by atoms with Crippen LogP contribution < -0.4 is 9.12 Å². The van der Waals surface area contributed by atoms with Crippen molar-refractivity contribution in [1.29, 1.82) is 0 Å². The van der Waals surface area contributed by atoms with E-state index in [1.54, 1.807) is 16.9 Å².